The third-order valence-electron chi connectivity index (χ3n) is 2.26. The van der Waals surface area contributed by atoms with E-state index in [-0.39, 0.29) is 5.97 Å². The highest BCUT2D eigenvalue weighted by Gasteiger charge is 2.12. The number of methoxy groups -OCH3 is 1. The molecular weight excluding hydrogens is 206 g/mol. The molecule has 1 heterocycles. The maximum atomic E-state index is 11.0. The summed E-state index contributed by atoms with van der Waals surface area (Å²) >= 11 is 0. The molecule has 0 bridgehead atoms. The van der Waals surface area contributed by atoms with Crippen LogP contribution >= 0.6 is 0 Å². The molecule has 0 saturated heterocycles. The summed E-state index contributed by atoms with van der Waals surface area (Å²) in [6.07, 6.45) is 4.87. The van der Waals surface area contributed by atoms with Crippen LogP contribution in [0.15, 0.2) is 24.5 Å². The quantitative estimate of drug-likeness (QED) is 0.543. The summed E-state index contributed by atoms with van der Waals surface area (Å²) < 4.78 is 9.88. The van der Waals surface area contributed by atoms with Gasteiger partial charge in [-0.2, -0.15) is 0 Å². The Bertz CT molecular complexity index is 313. The van der Waals surface area contributed by atoms with Crippen molar-refractivity contribution in [3.8, 4) is 0 Å². The van der Waals surface area contributed by atoms with Gasteiger partial charge in [-0.15, -0.1) is 0 Å². The smallest absolute Gasteiger partial charge is 0.334 e. The van der Waals surface area contributed by atoms with Gasteiger partial charge in [0.1, 0.15) is 0 Å². The van der Waals surface area contributed by atoms with E-state index in [1.165, 1.54) is 12.7 Å². The number of rotatable bonds is 6. The van der Waals surface area contributed by atoms with Crippen LogP contribution in [0.25, 0.3) is 0 Å². The third kappa shape index (κ3) is 4.40. The van der Waals surface area contributed by atoms with Gasteiger partial charge in [0.15, 0.2) is 6.10 Å². The van der Waals surface area contributed by atoms with Crippen molar-refractivity contribution in [1.29, 1.82) is 0 Å². The Kier molecular flexibility index (Phi) is 5.50. The Hall–Kier alpha value is -1.42. The molecular formula is C12H17NO3. The first-order valence-electron chi connectivity index (χ1n) is 5.32. The van der Waals surface area contributed by atoms with Crippen LogP contribution in [0.4, 0.5) is 0 Å². The summed E-state index contributed by atoms with van der Waals surface area (Å²) in [6, 6.07) is 3.95. The average molecular weight is 223 g/mol. The molecule has 0 unspecified atom stereocenters. The highest BCUT2D eigenvalue weighted by atomic mass is 16.6. The molecule has 0 saturated carbocycles. The van der Waals surface area contributed by atoms with Crippen molar-refractivity contribution in [3.05, 3.63) is 30.1 Å². The summed E-state index contributed by atoms with van der Waals surface area (Å²) in [7, 11) is 1.36. The van der Waals surface area contributed by atoms with Crippen molar-refractivity contribution in [3.63, 3.8) is 0 Å². The SMILES string of the molecule is COC(=O)[C@@H](C)OCCCc1ccncc1. The molecule has 0 N–H and O–H groups in total. The topological polar surface area (TPSA) is 48.4 Å². The zero-order valence-corrected chi connectivity index (χ0v) is 9.68. The van der Waals surface area contributed by atoms with Gasteiger partial charge in [-0.3, -0.25) is 4.98 Å². The van der Waals surface area contributed by atoms with Gasteiger partial charge in [0.05, 0.1) is 7.11 Å². The molecule has 0 aromatic carbocycles. The predicted molar refractivity (Wildman–Crippen MR) is 60.0 cm³/mol. The van der Waals surface area contributed by atoms with Crippen LogP contribution in [0.2, 0.25) is 0 Å². The highest BCUT2D eigenvalue weighted by Crippen LogP contribution is 2.02. The molecule has 4 nitrogen and oxygen atoms in total. The van der Waals surface area contributed by atoms with Crippen molar-refractivity contribution in [1.82, 2.24) is 4.98 Å². The van der Waals surface area contributed by atoms with E-state index in [1.807, 2.05) is 12.1 Å². The Morgan fingerprint density at radius 1 is 1.44 bits per heavy atom. The van der Waals surface area contributed by atoms with Gasteiger partial charge in [-0.05, 0) is 37.5 Å². The Balaban J connectivity index is 2.15. The van der Waals surface area contributed by atoms with Crippen molar-refractivity contribution < 1.29 is 14.3 Å². The molecule has 0 amide bonds. The minimum absolute atomic E-state index is 0.330. The number of hydrogen-bond donors (Lipinski definition) is 0. The second kappa shape index (κ2) is 6.95. The first kappa shape index (κ1) is 12.6. The molecule has 0 aliphatic rings. The van der Waals surface area contributed by atoms with Crippen molar-refractivity contribution in [2.45, 2.75) is 25.9 Å². The zero-order chi connectivity index (χ0) is 11.8. The molecule has 0 aliphatic heterocycles. The van der Waals surface area contributed by atoms with E-state index in [1.54, 1.807) is 19.3 Å². The van der Waals surface area contributed by atoms with E-state index in [0.717, 1.165) is 12.8 Å². The van der Waals surface area contributed by atoms with Gasteiger partial charge < -0.3 is 9.47 Å². The lowest BCUT2D eigenvalue weighted by Crippen LogP contribution is -2.22. The maximum Gasteiger partial charge on any atom is 0.334 e. The van der Waals surface area contributed by atoms with Gasteiger partial charge in [-0.1, -0.05) is 0 Å². The first-order chi connectivity index (χ1) is 7.74. The molecule has 0 aliphatic carbocycles. The summed E-state index contributed by atoms with van der Waals surface area (Å²) in [6.45, 7) is 2.25. The fraction of sp³-hybridized carbons (Fsp3) is 0.500. The van der Waals surface area contributed by atoms with E-state index in [9.17, 15) is 4.79 Å². The van der Waals surface area contributed by atoms with E-state index < -0.39 is 6.10 Å². The molecule has 16 heavy (non-hydrogen) atoms. The van der Waals surface area contributed by atoms with Crippen LogP contribution in [0.5, 0.6) is 0 Å². The molecule has 1 aromatic heterocycles. The van der Waals surface area contributed by atoms with Crippen LogP contribution in [0, 0.1) is 0 Å². The largest absolute Gasteiger partial charge is 0.467 e. The van der Waals surface area contributed by atoms with Gasteiger partial charge in [-0.25, -0.2) is 4.79 Å². The van der Waals surface area contributed by atoms with Crippen LogP contribution in [0.1, 0.15) is 18.9 Å². The van der Waals surface area contributed by atoms with Gasteiger partial charge in [0.25, 0.3) is 0 Å². The van der Waals surface area contributed by atoms with E-state index >= 15 is 0 Å². The molecule has 1 atom stereocenters. The normalized spacial score (nSPS) is 12.1. The average Bonchev–Trinajstić information content (AvgIpc) is 2.34. The minimum atomic E-state index is -0.484. The Morgan fingerprint density at radius 3 is 2.75 bits per heavy atom. The molecule has 0 radical (unpaired) electrons. The Labute approximate surface area is 95.6 Å². The van der Waals surface area contributed by atoms with Crippen molar-refractivity contribution in [2.75, 3.05) is 13.7 Å². The van der Waals surface area contributed by atoms with Crippen molar-refractivity contribution in [2.24, 2.45) is 0 Å². The molecule has 88 valence electrons. The number of carbonyl (C=O) groups excluding carboxylic acids is 1. The zero-order valence-electron chi connectivity index (χ0n) is 9.68. The second-order valence-corrected chi connectivity index (χ2v) is 3.50. The predicted octanol–water partition coefficient (Wildman–Crippen LogP) is 1.59. The van der Waals surface area contributed by atoms with Gasteiger partial charge in [0.2, 0.25) is 0 Å². The maximum absolute atomic E-state index is 11.0. The van der Waals surface area contributed by atoms with Crippen LogP contribution in [-0.2, 0) is 20.7 Å². The number of nitrogens with zero attached hydrogens (tertiary/aromatic N) is 1. The molecule has 1 aromatic rings. The molecule has 4 heteroatoms. The summed E-state index contributed by atoms with van der Waals surface area (Å²) in [4.78, 5) is 15.0. The van der Waals surface area contributed by atoms with Crippen LogP contribution in [0.3, 0.4) is 0 Å². The first-order valence-corrected chi connectivity index (χ1v) is 5.32. The lowest BCUT2D eigenvalue weighted by molar-refractivity contribution is -0.152. The van der Waals surface area contributed by atoms with Crippen LogP contribution in [-0.4, -0.2) is 30.8 Å². The Morgan fingerprint density at radius 2 is 2.12 bits per heavy atom. The number of pyridine rings is 1. The summed E-state index contributed by atoms with van der Waals surface area (Å²) in [5, 5.41) is 0. The van der Waals surface area contributed by atoms with E-state index in [0.29, 0.717) is 6.61 Å². The number of aryl methyl sites for hydroxylation is 1. The van der Waals surface area contributed by atoms with Crippen LogP contribution < -0.4 is 0 Å². The number of esters is 1. The van der Waals surface area contributed by atoms with E-state index in [4.69, 9.17) is 4.74 Å². The fourth-order valence-electron chi connectivity index (χ4n) is 1.32. The number of ether oxygens (including phenoxy) is 2. The highest BCUT2D eigenvalue weighted by molar-refractivity contribution is 5.73. The lowest BCUT2D eigenvalue weighted by atomic mass is 10.1. The number of aromatic nitrogens is 1. The van der Waals surface area contributed by atoms with Gasteiger partial charge >= 0.3 is 5.97 Å². The summed E-state index contributed by atoms with van der Waals surface area (Å²) in [5.41, 5.74) is 1.23. The molecule has 0 spiro atoms. The monoisotopic (exact) mass is 223 g/mol. The summed E-state index contributed by atoms with van der Waals surface area (Å²) in [5.74, 6) is -0.330. The minimum Gasteiger partial charge on any atom is -0.467 e. The van der Waals surface area contributed by atoms with Crippen molar-refractivity contribution >= 4 is 5.97 Å². The third-order valence-corrected chi connectivity index (χ3v) is 2.26. The van der Waals surface area contributed by atoms with E-state index in [2.05, 4.69) is 9.72 Å². The molecule has 1 rings (SSSR count). The van der Waals surface area contributed by atoms with Gasteiger partial charge in [0, 0.05) is 19.0 Å². The second-order valence-electron chi connectivity index (χ2n) is 3.50. The number of hydrogen-bond acceptors (Lipinski definition) is 4. The fourth-order valence-corrected chi connectivity index (χ4v) is 1.32. The lowest BCUT2D eigenvalue weighted by Gasteiger charge is -2.10. The molecule has 0 fully saturated rings. The number of carbonyl (C=O) groups is 1. The standard InChI is InChI=1S/C12H17NO3/c1-10(12(14)15-2)16-9-3-4-11-5-7-13-8-6-11/h5-8,10H,3-4,9H2,1-2H3/t10-/m1/s1.